The molecule has 1 aromatic heterocycles. The molecule has 3 aliphatic heterocycles. The molecule has 1 aromatic carbocycles. The Labute approximate surface area is 239 Å². The summed E-state index contributed by atoms with van der Waals surface area (Å²) < 4.78 is 0. The number of nitrogens with one attached hydrogen (secondary N) is 3. The van der Waals surface area contributed by atoms with E-state index >= 15 is 0 Å². The molecule has 4 heterocycles. The summed E-state index contributed by atoms with van der Waals surface area (Å²) in [6.45, 7) is 15.1. The van der Waals surface area contributed by atoms with Gasteiger partial charge < -0.3 is 31.5 Å². The van der Waals surface area contributed by atoms with Crippen molar-refractivity contribution in [2.24, 2.45) is 5.73 Å². The Hall–Kier alpha value is -2.95. The largest absolute Gasteiger partial charge is 0.371 e. The van der Waals surface area contributed by atoms with Crippen molar-refractivity contribution < 1.29 is 4.79 Å². The minimum atomic E-state index is -0.582. The molecule has 0 radical (unpaired) electrons. The van der Waals surface area contributed by atoms with Crippen LogP contribution in [0.1, 0.15) is 67.2 Å². The Balaban J connectivity index is 1.30. The lowest BCUT2D eigenvalue weighted by atomic mass is 10.0. The fourth-order valence-electron chi connectivity index (χ4n) is 6.26. The van der Waals surface area contributed by atoms with Crippen LogP contribution in [0.5, 0.6) is 0 Å². The van der Waals surface area contributed by atoms with Crippen LogP contribution in [0.3, 0.4) is 0 Å². The van der Waals surface area contributed by atoms with Crippen molar-refractivity contribution in [2.75, 3.05) is 74.9 Å². The van der Waals surface area contributed by atoms with Crippen molar-refractivity contribution in [3.63, 3.8) is 0 Å². The molecule has 218 valence electrons. The number of hydrogen-bond donors (Lipinski definition) is 4. The molecule has 2 aromatic rings. The van der Waals surface area contributed by atoms with E-state index < -0.39 is 5.91 Å². The predicted octanol–water partition coefficient (Wildman–Crippen LogP) is 3.13. The Morgan fingerprint density at radius 3 is 2.33 bits per heavy atom. The summed E-state index contributed by atoms with van der Waals surface area (Å²) in [5.41, 5.74) is 10.1. The third-order valence-corrected chi connectivity index (χ3v) is 8.70. The van der Waals surface area contributed by atoms with Crippen LogP contribution < -0.4 is 26.6 Å². The van der Waals surface area contributed by atoms with Crippen LogP contribution in [0.25, 0.3) is 0 Å². The number of carbonyl (C=O) groups is 1. The van der Waals surface area contributed by atoms with Crippen LogP contribution in [0, 0.1) is 6.92 Å². The molecular weight excluding hydrogens is 502 g/mol. The van der Waals surface area contributed by atoms with E-state index in [4.69, 9.17) is 15.7 Å². The normalized spacial score (nSPS) is 20.2. The van der Waals surface area contributed by atoms with Gasteiger partial charge in [0.1, 0.15) is 0 Å². The third-order valence-electron chi connectivity index (χ3n) is 8.70. The van der Waals surface area contributed by atoms with Crippen molar-refractivity contribution in [3.8, 4) is 0 Å². The second kappa shape index (κ2) is 12.7. The number of benzene rings is 1. The Morgan fingerprint density at radius 1 is 1.00 bits per heavy atom. The first kappa shape index (κ1) is 28.6. The number of aryl methyl sites for hydroxylation is 1. The van der Waals surface area contributed by atoms with Gasteiger partial charge in [0, 0.05) is 62.7 Å². The van der Waals surface area contributed by atoms with Crippen molar-refractivity contribution in [1.29, 1.82) is 0 Å². The van der Waals surface area contributed by atoms with Crippen LogP contribution >= 0.6 is 0 Å². The van der Waals surface area contributed by atoms with Gasteiger partial charge in [0.25, 0.3) is 5.91 Å². The molecule has 40 heavy (non-hydrogen) atoms. The molecular formula is C30H47N9O. The molecule has 3 aliphatic rings. The summed E-state index contributed by atoms with van der Waals surface area (Å²) >= 11 is 0. The number of rotatable bonds is 8. The number of anilines is 4. The van der Waals surface area contributed by atoms with Gasteiger partial charge in [-0.1, -0.05) is 13.8 Å². The van der Waals surface area contributed by atoms with Crippen LogP contribution in [0.15, 0.2) is 18.2 Å². The monoisotopic (exact) mass is 549 g/mol. The standard InChI is InChI=1S/C30H47N9O/c1-20(2)26-29(33-22-7-11-32-12-8-22)36-30(27(35-26)28(31)40)34-23-5-6-25(21(3)19-23)39-13-9-24(10-14-39)38-17-15-37(4)16-18-38/h5-6,19-20,22,24,32H,7-18H2,1-4H3,(H2,31,40)(H2,33,34,36). The number of aromatic nitrogens is 2. The number of hydrogen-bond acceptors (Lipinski definition) is 9. The summed E-state index contributed by atoms with van der Waals surface area (Å²) in [7, 11) is 2.22. The maximum Gasteiger partial charge on any atom is 0.271 e. The van der Waals surface area contributed by atoms with E-state index in [1.807, 2.05) is 0 Å². The van der Waals surface area contributed by atoms with E-state index in [1.165, 1.54) is 50.3 Å². The van der Waals surface area contributed by atoms with Gasteiger partial charge in [-0.05, 0) is 82.4 Å². The van der Waals surface area contributed by atoms with E-state index in [0.717, 1.165) is 56.2 Å². The zero-order chi connectivity index (χ0) is 28.2. The molecule has 3 fully saturated rings. The van der Waals surface area contributed by atoms with Crippen LogP contribution in [-0.4, -0.2) is 97.2 Å². The lowest BCUT2D eigenvalue weighted by Gasteiger charge is -2.43. The second-order valence-corrected chi connectivity index (χ2v) is 12.0. The van der Waals surface area contributed by atoms with Gasteiger partial charge in [0.05, 0.1) is 5.69 Å². The molecule has 0 unspecified atom stereocenters. The van der Waals surface area contributed by atoms with Crippen molar-refractivity contribution in [1.82, 2.24) is 25.1 Å². The maximum absolute atomic E-state index is 12.4. The van der Waals surface area contributed by atoms with E-state index in [9.17, 15) is 4.79 Å². The first-order valence-corrected chi connectivity index (χ1v) is 15.0. The number of nitrogens with two attached hydrogens (primary N) is 1. The van der Waals surface area contributed by atoms with E-state index in [1.54, 1.807) is 0 Å². The van der Waals surface area contributed by atoms with Gasteiger partial charge >= 0.3 is 0 Å². The predicted molar refractivity (Wildman–Crippen MR) is 163 cm³/mol. The molecule has 5 N–H and O–H groups in total. The zero-order valence-corrected chi connectivity index (χ0v) is 24.7. The molecule has 3 saturated heterocycles. The van der Waals surface area contributed by atoms with Crippen molar-refractivity contribution >= 4 is 28.9 Å². The lowest BCUT2D eigenvalue weighted by molar-refractivity contribution is 0.0982. The van der Waals surface area contributed by atoms with Crippen LogP contribution in [-0.2, 0) is 0 Å². The van der Waals surface area contributed by atoms with Gasteiger partial charge in [-0.2, -0.15) is 0 Å². The Morgan fingerprint density at radius 2 is 1.70 bits per heavy atom. The van der Waals surface area contributed by atoms with Gasteiger partial charge in [-0.3, -0.25) is 9.69 Å². The van der Waals surface area contributed by atoms with Gasteiger partial charge in [0.15, 0.2) is 17.3 Å². The van der Waals surface area contributed by atoms with Crippen LogP contribution in [0.4, 0.5) is 23.0 Å². The Bertz CT molecular complexity index is 1160. The first-order chi connectivity index (χ1) is 19.3. The lowest BCUT2D eigenvalue weighted by Crippen LogP contribution is -2.52. The number of carbonyl (C=O) groups excluding carboxylic acids is 1. The topological polar surface area (TPSA) is 115 Å². The highest BCUT2D eigenvalue weighted by atomic mass is 16.1. The number of piperazine rings is 1. The summed E-state index contributed by atoms with van der Waals surface area (Å²) in [4.78, 5) is 29.6. The van der Waals surface area contributed by atoms with E-state index in [0.29, 0.717) is 17.9 Å². The molecule has 1 amide bonds. The molecule has 0 aliphatic carbocycles. The highest BCUT2D eigenvalue weighted by Gasteiger charge is 2.27. The SMILES string of the molecule is Cc1cc(Nc2nc(NC3CCNCC3)c(C(C)C)nc2C(N)=O)ccc1N1CCC(N2CCN(C)CC2)CC1. The van der Waals surface area contributed by atoms with Crippen molar-refractivity contribution in [3.05, 3.63) is 35.2 Å². The molecule has 5 rings (SSSR count). The summed E-state index contributed by atoms with van der Waals surface area (Å²) in [5, 5.41) is 10.4. The number of piperidine rings is 2. The fraction of sp³-hybridized carbons (Fsp3) is 0.633. The number of likely N-dealkylation sites (N-methyl/N-ethyl adjacent to an activating group) is 1. The van der Waals surface area contributed by atoms with Crippen LogP contribution in [0.2, 0.25) is 0 Å². The summed E-state index contributed by atoms with van der Waals surface area (Å²) in [5.74, 6) is 0.645. The molecule has 0 atom stereocenters. The second-order valence-electron chi connectivity index (χ2n) is 12.0. The summed E-state index contributed by atoms with van der Waals surface area (Å²) in [6.07, 6.45) is 4.45. The van der Waals surface area contributed by atoms with E-state index in [-0.39, 0.29) is 11.6 Å². The third kappa shape index (κ3) is 6.67. The molecule has 0 bridgehead atoms. The van der Waals surface area contributed by atoms with Gasteiger partial charge in [-0.25, -0.2) is 9.97 Å². The van der Waals surface area contributed by atoms with Crippen molar-refractivity contribution in [2.45, 2.75) is 64.5 Å². The minimum Gasteiger partial charge on any atom is -0.371 e. The first-order valence-electron chi connectivity index (χ1n) is 15.0. The molecule has 0 spiro atoms. The highest BCUT2D eigenvalue weighted by molar-refractivity contribution is 5.96. The maximum atomic E-state index is 12.4. The Kier molecular flexibility index (Phi) is 9.07. The molecule has 10 heteroatoms. The zero-order valence-electron chi connectivity index (χ0n) is 24.7. The molecule has 10 nitrogen and oxygen atoms in total. The van der Waals surface area contributed by atoms with Gasteiger partial charge in [0.2, 0.25) is 0 Å². The summed E-state index contributed by atoms with van der Waals surface area (Å²) in [6, 6.07) is 7.39. The van der Waals surface area contributed by atoms with E-state index in [2.05, 4.69) is 76.7 Å². The van der Waals surface area contributed by atoms with Gasteiger partial charge in [-0.15, -0.1) is 0 Å². The highest BCUT2D eigenvalue weighted by Crippen LogP contribution is 2.31. The fourth-order valence-corrected chi connectivity index (χ4v) is 6.26. The minimum absolute atomic E-state index is 0.103. The number of amides is 1. The smallest absolute Gasteiger partial charge is 0.271 e. The number of nitrogens with zero attached hydrogens (tertiary/aromatic N) is 5. The quantitative estimate of drug-likeness (QED) is 0.394. The average Bonchev–Trinajstić information content (AvgIpc) is 2.94. The molecule has 0 saturated carbocycles. The number of primary amides is 1. The average molecular weight is 550 g/mol.